The number of rotatable bonds is 3. The van der Waals surface area contributed by atoms with Crippen molar-refractivity contribution in [2.24, 2.45) is 0 Å². The predicted octanol–water partition coefficient (Wildman–Crippen LogP) is 5.06. The predicted molar refractivity (Wildman–Crippen MR) is 108 cm³/mol. The standard InChI is InChI=1S/C22H17ClN2O2/c1-14-6-8-15(9-7-14)21(26)24-20-11-10-17(12-19(20)23)25-13-16-4-2-3-5-18(16)22(25)27/h2-12H,13H2,1H3,(H,24,26). The number of aryl methyl sites for hydroxylation is 1. The molecule has 1 heterocycles. The van der Waals surface area contributed by atoms with Gasteiger partial charge in [0.05, 0.1) is 17.3 Å². The molecule has 5 heteroatoms. The number of benzene rings is 3. The molecule has 0 atom stereocenters. The fourth-order valence-electron chi connectivity index (χ4n) is 3.14. The Hall–Kier alpha value is -3.11. The minimum absolute atomic E-state index is 0.0434. The van der Waals surface area contributed by atoms with E-state index < -0.39 is 0 Å². The number of nitrogens with zero attached hydrogens (tertiary/aromatic N) is 1. The summed E-state index contributed by atoms with van der Waals surface area (Å²) in [6.45, 7) is 2.48. The smallest absolute Gasteiger partial charge is 0.258 e. The maximum absolute atomic E-state index is 12.6. The molecule has 0 radical (unpaired) electrons. The van der Waals surface area contributed by atoms with E-state index in [-0.39, 0.29) is 11.8 Å². The topological polar surface area (TPSA) is 49.4 Å². The van der Waals surface area contributed by atoms with Gasteiger partial charge in [0.2, 0.25) is 0 Å². The molecular formula is C22H17ClN2O2. The number of nitrogens with one attached hydrogen (secondary N) is 1. The lowest BCUT2D eigenvalue weighted by Crippen LogP contribution is -2.23. The molecular weight excluding hydrogens is 360 g/mol. The van der Waals surface area contributed by atoms with E-state index in [1.165, 1.54) is 0 Å². The van der Waals surface area contributed by atoms with Crippen molar-refractivity contribution < 1.29 is 9.59 Å². The molecule has 1 aliphatic heterocycles. The molecule has 27 heavy (non-hydrogen) atoms. The number of fused-ring (bicyclic) bond motifs is 1. The molecule has 0 aromatic heterocycles. The lowest BCUT2D eigenvalue weighted by molar-refractivity contribution is 0.0994. The first-order valence-corrected chi connectivity index (χ1v) is 8.98. The molecule has 0 bridgehead atoms. The molecule has 3 aromatic carbocycles. The zero-order valence-electron chi connectivity index (χ0n) is 14.7. The lowest BCUT2D eigenvalue weighted by atomic mass is 10.1. The van der Waals surface area contributed by atoms with Crippen molar-refractivity contribution in [1.82, 2.24) is 0 Å². The minimum Gasteiger partial charge on any atom is -0.321 e. The molecule has 0 unspecified atom stereocenters. The maximum Gasteiger partial charge on any atom is 0.258 e. The third-order valence-electron chi connectivity index (χ3n) is 4.65. The van der Waals surface area contributed by atoms with Crippen molar-refractivity contribution in [2.75, 3.05) is 10.2 Å². The molecule has 0 spiro atoms. The van der Waals surface area contributed by atoms with Crippen LogP contribution in [0.15, 0.2) is 66.7 Å². The number of hydrogen-bond donors (Lipinski definition) is 1. The Kier molecular flexibility index (Phi) is 4.42. The summed E-state index contributed by atoms with van der Waals surface area (Å²) in [5.41, 5.74) is 4.57. The summed E-state index contributed by atoms with van der Waals surface area (Å²) in [4.78, 5) is 26.7. The van der Waals surface area contributed by atoms with E-state index in [0.29, 0.717) is 34.1 Å². The van der Waals surface area contributed by atoms with Gasteiger partial charge in [0.15, 0.2) is 0 Å². The van der Waals surface area contributed by atoms with Crippen LogP contribution in [0.3, 0.4) is 0 Å². The molecule has 2 amide bonds. The fourth-order valence-corrected chi connectivity index (χ4v) is 3.36. The Balaban J connectivity index is 1.54. The van der Waals surface area contributed by atoms with Crippen LogP contribution in [-0.2, 0) is 6.54 Å². The summed E-state index contributed by atoms with van der Waals surface area (Å²) in [6.07, 6.45) is 0. The van der Waals surface area contributed by atoms with Crippen LogP contribution in [0, 0.1) is 6.92 Å². The molecule has 4 nitrogen and oxygen atoms in total. The zero-order chi connectivity index (χ0) is 19.0. The van der Waals surface area contributed by atoms with Gasteiger partial charge in [-0.05, 0) is 48.9 Å². The zero-order valence-corrected chi connectivity index (χ0v) is 15.5. The third kappa shape index (κ3) is 3.32. The van der Waals surface area contributed by atoms with Crippen molar-refractivity contribution in [3.8, 4) is 0 Å². The highest BCUT2D eigenvalue weighted by Gasteiger charge is 2.28. The van der Waals surface area contributed by atoms with Crippen LogP contribution in [0.2, 0.25) is 5.02 Å². The number of amides is 2. The first kappa shape index (κ1) is 17.3. The van der Waals surface area contributed by atoms with E-state index in [1.54, 1.807) is 35.2 Å². The summed E-state index contributed by atoms with van der Waals surface area (Å²) >= 11 is 6.37. The van der Waals surface area contributed by atoms with Crippen LogP contribution in [0.1, 0.15) is 31.8 Å². The number of hydrogen-bond acceptors (Lipinski definition) is 2. The second-order valence-corrected chi connectivity index (χ2v) is 6.94. The summed E-state index contributed by atoms with van der Waals surface area (Å²) in [5.74, 6) is -0.271. The van der Waals surface area contributed by atoms with Gasteiger partial charge in [-0.2, -0.15) is 0 Å². The van der Waals surface area contributed by atoms with Gasteiger partial charge in [-0.1, -0.05) is 47.5 Å². The quantitative estimate of drug-likeness (QED) is 0.694. The molecule has 0 fully saturated rings. The minimum atomic E-state index is -0.227. The Morgan fingerprint density at radius 2 is 1.78 bits per heavy atom. The normalized spacial score (nSPS) is 12.8. The molecule has 1 N–H and O–H groups in total. The van der Waals surface area contributed by atoms with Crippen LogP contribution in [-0.4, -0.2) is 11.8 Å². The molecule has 4 rings (SSSR count). The molecule has 0 saturated heterocycles. The summed E-state index contributed by atoms with van der Waals surface area (Å²) in [5, 5.41) is 3.20. The maximum atomic E-state index is 12.6. The van der Waals surface area contributed by atoms with Crippen molar-refractivity contribution >= 4 is 34.8 Å². The van der Waals surface area contributed by atoms with Gasteiger partial charge in [-0.3, -0.25) is 9.59 Å². The highest BCUT2D eigenvalue weighted by atomic mass is 35.5. The van der Waals surface area contributed by atoms with Crippen molar-refractivity contribution in [1.29, 1.82) is 0 Å². The molecule has 3 aromatic rings. The van der Waals surface area contributed by atoms with Crippen molar-refractivity contribution in [3.63, 3.8) is 0 Å². The number of carbonyl (C=O) groups excluding carboxylic acids is 2. The first-order valence-electron chi connectivity index (χ1n) is 8.60. The van der Waals surface area contributed by atoms with Gasteiger partial charge in [0.1, 0.15) is 0 Å². The second kappa shape index (κ2) is 6.89. The number of halogens is 1. The van der Waals surface area contributed by atoms with Gasteiger partial charge in [0.25, 0.3) is 11.8 Å². The van der Waals surface area contributed by atoms with Crippen molar-refractivity contribution in [2.45, 2.75) is 13.5 Å². The van der Waals surface area contributed by atoms with E-state index in [9.17, 15) is 9.59 Å². The Morgan fingerprint density at radius 1 is 1.04 bits per heavy atom. The van der Waals surface area contributed by atoms with Crippen LogP contribution in [0.5, 0.6) is 0 Å². The van der Waals surface area contributed by atoms with E-state index in [2.05, 4.69) is 5.32 Å². The Bertz CT molecular complexity index is 1040. The summed E-state index contributed by atoms with van der Waals surface area (Å²) in [6, 6.07) is 20.1. The largest absolute Gasteiger partial charge is 0.321 e. The summed E-state index contributed by atoms with van der Waals surface area (Å²) in [7, 11) is 0. The van der Waals surface area contributed by atoms with E-state index in [4.69, 9.17) is 11.6 Å². The molecule has 0 saturated carbocycles. The first-order chi connectivity index (χ1) is 13.0. The number of anilines is 2. The highest BCUT2D eigenvalue weighted by Crippen LogP contribution is 2.33. The summed E-state index contributed by atoms with van der Waals surface area (Å²) < 4.78 is 0. The highest BCUT2D eigenvalue weighted by molar-refractivity contribution is 6.34. The monoisotopic (exact) mass is 376 g/mol. The van der Waals surface area contributed by atoms with Gasteiger partial charge >= 0.3 is 0 Å². The second-order valence-electron chi connectivity index (χ2n) is 6.53. The van der Waals surface area contributed by atoms with Crippen LogP contribution in [0.25, 0.3) is 0 Å². The molecule has 134 valence electrons. The van der Waals surface area contributed by atoms with Crippen molar-refractivity contribution in [3.05, 3.63) is 94.0 Å². The van der Waals surface area contributed by atoms with Gasteiger partial charge < -0.3 is 10.2 Å². The van der Waals surface area contributed by atoms with Crippen LogP contribution >= 0.6 is 11.6 Å². The molecule has 1 aliphatic rings. The Morgan fingerprint density at radius 3 is 2.48 bits per heavy atom. The third-order valence-corrected chi connectivity index (χ3v) is 4.96. The average Bonchev–Trinajstić information content (AvgIpc) is 3.01. The van der Waals surface area contributed by atoms with E-state index in [0.717, 1.165) is 11.1 Å². The van der Waals surface area contributed by atoms with E-state index >= 15 is 0 Å². The van der Waals surface area contributed by atoms with Gasteiger partial charge in [-0.15, -0.1) is 0 Å². The van der Waals surface area contributed by atoms with Crippen LogP contribution < -0.4 is 10.2 Å². The van der Waals surface area contributed by atoms with Gasteiger partial charge in [-0.25, -0.2) is 0 Å². The van der Waals surface area contributed by atoms with E-state index in [1.807, 2.05) is 43.3 Å². The van der Waals surface area contributed by atoms with Crippen LogP contribution in [0.4, 0.5) is 11.4 Å². The SMILES string of the molecule is Cc1ccc(C(=O)Nc2ccc(N3Cc4ccccc4C3=O)cc2Cl)cc1. The lowest BCUT2D eigenvalue weighted by Gasteiger charge is -2.17. The molecule has 0 aliphatic carbocycles. The van der Waals surface area contributed by atoms with Gasteiger partial charge in [0, 0.05) is 16.8 Å². The number of carbonyl (C=O) groups is 2. The Labute approximate surface area is 162 Å². The average molecular weight is 377 g/mol. The fraction of sp³-hybridized carbons (Fsp3) is 0.0909.